The van der Waals surface area contributed by atoms with E-state index >= 15 is 0 Å². The molecule has 0 unspecified atom stereocenters. The number of aryl methyl sites for hydroxylation is 2. The third-order valence-corrected chi connectivity index (χ3v) is 3.99. The van der Waals surface area contributed by atoms with E-state index in [2.05, 4.69) is 25.4 Å². The molecule has 0 aliphatic rings. The number of rotatable bonds is 4. The molecule has 0 aliphatic heterocycles. The lowest BCUT2D eigenvalue weighted by Crippen LogP contribution is -2.12. The molecule has 8 nitrogen and oxygen atoms in total. The number of pyridine rings is 1. The van der Waals surface area contributed by atoms with E-state index in [4.69, 9.17) is 4.74 Å². The number of carbonyl (C=O) groups is 1. The summed E-state index contributed by atoms with van der Waals surface area (Å²) in [5.74, 6) is 0.334. The largest absolute Gasteiger partial charge is 0.424 e. The summed E-state index contributed by atoms with van der Waals surface area (Å²) in [4.78, 5) is 24.9. The molecule has 0 saturated heterocycles. The highest BCUT2D eigenvalue weighted by atomic mass is 16.5. The van der Waals surface area contributed by atoms with Crippen molar-refractivity contribution in [2.75, 3.05) is 5.32 Å². The van der Waals surface area contributed by atoms with Crippen molar-refractivity contribution in [3.8, 4) is 11.8 Å². The van der Waals surface area contributed by atoms with Crippen LogP contribution in [0.15, 0.2) is 55.0 Å². The fourth-order valence-corrected chi connectivity index (χ4v) is 2.69. The molecule has 0 radical (unpaired) electrons. The minimum Gasteiger partial charge on any atom is -0.424 e. The Hall–Kier alpha value is -3.81. The minimum absolute atomic E-state index is 0.243. The number of nitrogens with zero attached hydrogens (tertiary/aromatic N) is 5. The first-order chi connectivity index (χ1) is 13.1. The van der Waals surface area contributed by atoms with E-state index in [1.54, 1.807) is 59.7 Å². The van der Waals surface area contributed by atoms with Gasteiger partial charge < -0.3 is 10.1 Å². The van der Waals surface area contributed by atoms with Crippen molar-refractivity contribution in [1.29, 1.82) is 0 Å². The summed E-state index contributed by atoms with van der Waals surface area (Å²) < 4.78 is 7.23. The number of anilines is 1. The molecule has 27 heavy (non-hydrogen) atoms. The van der Waals surface area contributed by atoms with E-state index < -0.39 is 0 Å². The third kappa shape index (κ3) is 3.45. The molecule has 0 spiro atoms. The van der Waals surface area contributed by atoms with Crippen molar-refractivity contribution in [3.63, 3.8) is 0 Å². The lowest BCUT2D eigenvalue weighted by atomic mass is 10.2. The van der Waals surface area contributed by atoms with Crippen molar-refractivity contribution in [1.82, 2.24) is 24.7 Å². The fraction of sp³-hybridized carbons (Fsp3) is 0.105. The molecule has 0 atom stereocenters. The van der Waals surface area contributed by atoms with Crippen LogP contribution in [-0.2, 0) is 7.05 Å². The second-order valence-corrected chi connectivity index (χ2v) is 5.92. The average Bonchev–Trinajstić information content (AvgIpc) is 2.97. The standard InChI is InChI=1S/C19H16N6O2/c1-12-16-10-13(11-22-17(16)25(2)24-12)18(26)23-14-4-6-15(7-5-14)27-19-20-8-3-9-21-19/h3-11H,1-2H3,(H,23,26). The Morgan fingerprint density at radius 1 is 1.11 bits per heavy atom. The molecule has 1 aromatic carbocycles. The number of nitrogens with one attached hydrogen (secondary N) is 1. The SMILES string of the molecule is Cc1nn(C)c2ncc(C(=O)Nc3ccc(Oc4ncccn4)cc3)cc12. The van der Waals surface area contributed by atoms with Crippen LogP contribution in [0.2, 0.25) is 0 Å². The zero-order valence-corrected chi connectivity index (χ0v) is 14.7. The first-order valence-electron chi connectivity index (χ1n) is 8.26. The molecule has 134 valence electrons. The van der Waals surface area contributed by atoms with Crippen molar-refractivity contribution in [2.24, 2.45) is 7.05 Å². The van der Waals surface area contributed by atoms with Crippen molar-refractivity contribution in [3.05, 3.63) is 66.2 Å². The highest BCUT2D eigenvalue weighted by Gasteiger charge is 2.12. The number of hydrogen-bond acceptors (Lipinski definition) is 6. The van der Waals surface area contributed by atoms with Crippen LogP contribution in [0.25, 0.3) is 11.0 Å². The van der Waals surface area contributed by atoms with Gasteiger partial charge in [-0.2, -0.15) is 5.10 Å². The van der Waals surface area contributed by atoms with Crippen LogP contribution in [0.4, 0.5) is 5.69 Å². The number of hydrogen-bond donors (Lipinski definition) is 1. The van der Waals surface area contributed by atoms with Gasteiger partial charge in [0.2, 0.25) is 0 Å². The topological polar surface area (TPSA) is 94.8 Å². The zero-order valence-electron chi connectivity index (χ0n) is 14.7. The summed E-state index contributed by atoms with van der Waals surface area (Å²) in [5.41, 5.74) is 2.69. The van der Waals surface area contributed by atoms with Gasteiger partial charge in [0.05, 0.1) is 11.3 Å². The van der Waals surface area contributed by atoms with Gasteiger partial charge in [-0.3, -0.25) is 9.48 Å². The first-order valence-corrected chi connectivity index (χ1v) is 8.26. The lowest BCUT2D eigenvalue weighted by molar-refractivity contribution is 0.102. The predicted molar refractivity (Wildman–Crippen MR) is 99.7 cm³/mol. The Bertz CT molecular complexity index is 1110. The quantitative estimate of drug-likeness (QED) is 0.601. The molecular weight excluding hydrogens is 344 g/mol. The summed E-state index contributed by atoms with van der Waals surface area (Å²) in [6.45, 7) is 1.89. The number of aromatic nitrogens is 5. The Morgan fingerprint density at radius 3 is 2.59 bits per heavy atom. The zero-order chi connectivity index (χ0) is 18.8. The second kappa shape index (κ2) is 6.83. The van der Waals surface area contributed by atoms with Crippen LogP contribution in [0.1, 0.15) is 16.1 Å². The van der Waals surface area contributed by atoms with Crippen LogP contribution in [0, 0.1) is 6.92 Å². The Balaban J connectivity index is 1.48. The molecule has 1 amide bonds. The van der Waals surface area contributed by atoms with Gasteiger partial charge >= 0.3 is 6.01 Å². The molecule has 1 N–H and O–H groups in total. The van der Waals surface area contributed by atoms with E-state index in [0.29, 0.717) is 17.0 Å². The highest BCUT2D eigenvalue weighted by molar-refractivity contribution is 6.05. The Kier molecular flexibility index (Phi) is 4.21. The lowest BCUT2D eigenvalue weighted by Gasteiger charge is -2.07. The number of fused-ring (bicyclic) bond motifs is 1. The summed E-state index contributed by atoms with van der Waals surface area (Å²) in [6.07, 6.45) is 4.75. The van der Waals surface area contributed by atoms with Gasteiger partial charge in [0.25, 0.3) is 5.91 Å². The number of amides is 1. The Labute approximate surface area is 154 Å². The highest BCUT2D eigenvalue weighted by Crippen LogP contribution is 2.21. The van der Waals surface area contributed by atoms with Gasteiger partial charge in [-0.25, -0.2) is 15.0 Å². The van der Waals surface area contributed by atoms with Crippen LogP contribution < -0.4 is 10.1 Å². The van der Waals surface area contributed by atoms with Crippen LogP contribution in [-0.4, -0.2) is 30.6 Å². The van der Waals surface area contributed by atoms with E-state index in [-0.39, 0.29) is 11.9 Å². The van der Waals surface area contributed by atoms with Gasteiger partial charge in [0.1, 0.15) is 5.75 Å². The maximum Gasteiger partial charge on any atom is 0.321 e. The van der Waals surface area contributed by atoms with Crippen LogP contribution in [0.5, 0.6) is 11.8 Å². The Morgan fingerprint density at radius 2 is 1.85 bits per heavy atom. The first kappa shape index (κ1) is 16.6. The van der Waals surface area contributed by atoms with Crippen LogP contribution in [0.3, 0.4) is 0 Å². The van der Waals surface area contributed by atoms with E-state index in [9.17, 15) is 4.79 Å². The van der Waals surface area contributed by atoms with Gasteiger partial charge in [-0.1, -0.05) is 0 Å². The van der Waals surface area contributed by atoms with Crippen LogP contribution >= 0.6 is 0 Å². The summed E-state index contributed by atoms with van der Waals surface area (Å²) in [5, 5.41) is 8.02. The monoisotopic (exact) mass is 360 g/mol. The van der Waals surface area contributed by atoms with Crippen molar-refractivity contribution >= 4 is 22.6 Å². The molecule has 4 rings (SSSR count). The molecule has 0 aliphatic carbocycles. The average molecular weight is 360 g/mol. The molecule has 0 bridgehead atoms. The molecule has 3 aromatic heterocycles. The molecule has 4 aromatic rings. The molecule has 3 heterocycles. The molecule has 0 fully saturated rings. The number of ether oxygens (including phenoxy) is 1. The van der Waals surface area contributed by atoms with Gasteiger partial charge in [-0.15, -0.1) is 0 Å². The minimum atomic E-state index is -0.243. The van der Waals surface area contributed by atoms with Gasteiger partial charge in [0, 0.05) is 36.7 Å². The molecular formula is C19H16N6O2. The van der Waals surface area contributed by atoms with Gasteiger partial charge in [-0.05, 0) is 43.3 Å². The normalized spacial score (nSPS) is 10.7. The second-order valence-electron chi connectivity index (χ2n) is 5.92. The van der Waals surface area contributed by atoms with E-state index in [1.165, 1.54) is 0 Å². The van der Waals surface area contributed by atoms with Crippen molar-refractivity contribution in [2.45, 2.75) is 6.92 Å². The third-order valence-electron chi connectivity index (χ3n) is 3.99. The maximum atomic E-state index is 12.5. The van der Waals surface area contributed by atoms with Crippen molar-refractivity contribution < 1.29 is 9.53 Å². The molecule has 8 heteroatoms. The van der Waals surface area contributed by atoms with E-state index in [1.807, 2.05) is 14.0 Å². The summed E-state index contributed by atoms with van der Waals surface area (Å²) in [7, 11) is 1.83. The maximum absolute atomic E-state index is 12.5. The fourth-order valence-electron chi connectivity index (χ4n) is 2.69. The predicted octanol–water partition coefficient (Wildman–Crippen LogP) is 3.11. The smallest absolute Gasteiger partial charge is 0.321 e. The summed E-state index contributed by atoms with van der Waals surface area (Å²) >= 11 is 0. The number of carbonyl (C=O) groups excluding carboxylic acids is 1. The van der Waals surface area contributed by atoms with E-state index in [0.717, 1.165) is 16.7 Å². The van der Waals surface area contributed by atoms with Gasteiger partial charge in [0.15, 0.2) is 5.65 Å². The number of benzene rings is 1. The summed E-state index contributed by atoms with van der Waals surface area (Å²) in [6, 6.07) is 10.7. The molecule has 0 saturated carbocycles.